The number of amides is 1. The predicted molar refractivity (Wildman–Crippen MR) is 105 cm³/mol. The molecule has 1 aromatic heterocycles. The first-order chi connectivity index (χ1) is 13.5. The maximum Gasteiger partial charge on any atom is 0.225 e. The van der Waals surface area contributed by atoms with Gasteiger partial charge >= 0.3 is 0 Å². The van der Waals surface area contributed by atoms with Gasteiger partial charge in [0.1, 0.15) is 18.4 Å². The lowest BCUT2D eigenvalue weighted by atomic mass is 10.0. The minimum atomic E-state index is -0.167. The van der Waals surface area contributed by atoms with Gasteiger partial charge in [-0.1, -0.05) is 12.1 Å². The summed E-state index contributed by atoms with van der Waals surface area (Å²) in [6.45, 7) is 3.42. The number of nitrogens with zero attached hydrogens (tertiary/aromatic N) is 3. The molecule has 0 unspecified atom stereocenters. The van der Waals surface area contributed by atoms with Gasteiger partial charge in [0.05, 0.1) is 25.3 Å². The quantitative estimate of drug-likeness (QED) is 0.639. The van der Waals surface area contributed by atoms with Crippen LogP contribution in [0.15, 0.2) is 55.1 Å². The van der Waals surface area contributed by atoms with Gasteiger partial charge in [-0.15, -0.1) is 0 Å². The predicted octanol–water partition coefficient (Wildman–Crippen LogP) is 2.90. The SMILES string of the molecule is COc1ccc(C(C)=O)cc1CC(=O)N[C@H](C)c1ccc(-n2cncn2)cc1. The topological polar surface area (TPSA) is 86.1 Å². The summed E-state index contributed by atoms with van der Waals surface area (Å²) in [5.41, 5.74) is 3.11. The van der Waals surface area contributed by atoms with Gasteiger partial charge in [-0.05, 0) is 49.7 Å². The van der Waals surface area contributed by atoms with Crippen molar-refractivity contribution in [1.29, 1.82) is 0 Å². The van der Waals surface area contributed by atoms with Gasteiger partial charge in [-0.25, -0.2) is 9.67 Å². The van der Waals surface area contributed by atoms with E-state index in [-0.39, 0.29) is 24.2 Å². The maximum atomic E-state index is 12.5. The first-order valence-corrected chi connectivity index (χ1v) is 8.90. The molecule has 0 aliphatic heterocycles. The zero-order valence-corrected chi connectivity index (χ0v) is 16.0. The second kappa shape index (κ2) is 8.47. The normalized spacial score (nSPS) is 11.7. The van der Waals surface area contributed by atoms with Crippen LogP contribution in [-0.4, -0.2) is 33.6 Å². The largest absolute Gasteiger partial charge is 0.496 e. The molecule has 0 radical (unpaired) electrons. The number of Topliss-reactive ketones (excluding diaryl/α,β-unsaturated/α-hetero) is 1. The van der Waals surface area contributed by atoms with E-state index in [9.17, 15) is 9.59 Å². The van der Waals surface area contributed by atoms with E-state index in [1.807, 2.05) is 31.2 Å². The summed E-state index contributed by atoms with van der Waals surface area (Å²) in [6.07, 6.45) is 3.24. The Bertz CT molecular complexity index is 966. The van der Waals surface area contributed by atoms with Gasteiger partial charge < -0.3 is 10.1 Å². The first kappa shape index (κ1) is 19.3. The third-order valence-electron chi connectivity index (χ3n) is 4.49. The van der Waals surface area contributed by atoms with Crippen molar-refractivity contribution in [1.82, 2.24) is 20.1 Å². The van der Waals surface area contributed by atoms with Gasteiger partial charge in [0.15, 0.2) is 5.78 Å². The van der Waals surface area contributed by atoms with Crippen molar-refractivity contribution < 1.29 is 14.3 Å². The Kier molecular flexibility index (Phi) is 5.84. The van der Waals surface area contributed by atoms with Crippen molar-refractivity contribution in [3.8, 4) is 11.4 Å². The molecule has 0 saturated heterocycles. The Morgan fingerprint density at radius 1 is 1.18 bits per heavy atom. The van der Waals surface area contributed by atoms with E-state index < -0.39 is 0 Å². The van der Waals surface area contributed by atoms with E-state index >= 15 is 0 Å². The molecule has 2 aromatic carbocycles. The standard InChI is InChI=1S/C21H22N4O3/c1-14(16-4-7-19(8-5-16)25-13-22-12-23-25)24-21(27)11-18-10-17(15(2)26)6-9-20(18)28-3/h4-10,12-14H,11H2,1-3H3,(H,24,27)/t14-/m1/s1. The summed E-state index contributed by atoms with van der Waals surface area (Å²) in [5, 5.41) is 7.08. The number of methoxy groups -OCH3 is 1. The average molecular weight is 378 g/mol. The second-order valence-electron chi connectivity index (χ2n) is 6.48. The average Bonchev–Trinajstić information content (AvgIpc) is 3.22. The summed E-state index contributed by atoms with van der Waals surface area (Å²) in [7, 11) is 1.55. The molecule has 0 aliphatic carbocycles. The number of nitrogens with one attached hydrogen (secondary N) is 1. The number of aromatic nitrogens is 3. The molecule has 1 atom stereocenters. The molecule has 0 bridgehead atoms. The second-order valence-corrected chi connectivity index (χ2v) is 6.48. The van der Waals surface area contributed by atoms with Crippen molar-refractivity contribution in [3.05, 3.63) is 71.8 Å². The number of hydrogen-bond donors (Lipinski definition) is 1. The van der Waals surface area contributed by atoms with Gasteiger partial charge in [0.25, 0.3) is 0 Å². The number of carbonyl (C=O) groups is 2. The molecule has 144 valence electrons. The number of carbonyl (C=O) groups excluding carboxylic acids is 2. The van der Waals surface area contributed by atoms with Crippen molar-refractivity contribution in [2.45, 2.75) is 26.3 Å². The molecule has 28 heavy (non-hydrogen) atoms. The fourth-order valence-electron chi connectivity index (χ4n) is 2.94. The van der Waals surface area contributed by atoms with Crippen LogP contribution in [0.25, 0.3) is 5.69 Å². The third-order valence-corrected chi connectivity index (χ3v) is 4.49. The summed E-state index contributed by atoms with van der Waals surface area (Å²) >= 11 is 0. The number of hydrogen-bond acceptors (Lipinski definition) is 5. The van der Waals surface area contributed by atoms with E-state index in [0.717, 1.165) is 11.3 Å². The third kappa shape index (κ3) is 4.43. The Labute approximate surface area is 163 Å². The molecule has 0 fully saturated rings. The molecule has 3 aromatic rings. The highest BCUT2D eigenvalue weighted by Gasteiger charge is 2.14. The molecule has 1 N–H and O–H groups in total. The van der Waals surface area contributed by atoms with E-state index in [0.29, 0.717) is 16.9 Å². The molecule has 1 heterocycles. The summed E-state index contributed by atoms with van der Waals surface area (Å²) in [4.78, 5) is 28.1. The van der Waals surface area contributed by atoms with Crippen LogP contribution in [0.3, 0.4) is 0 Å². The van der Waals surface area contributed by atoms with E-state index in [4.69, 9.17) is 4.74 Å². The molecule has 0 spiro atoms. The Morgan fingerprint density at radius 3 is 2.54 bits per heavy atom. The lowest BCUT2D eigenvalue weighted by Gasteiger charge is -2.16. The van der Waals surface area contributed by atoms with Crippen molar-refractivity contribution in [2.75, 3.05) is 7.11 Å². The van der Waals surface area contributed by atoms with Gasteiger partial charge in [0, 0.05) is 11.1 Å². The number of rotatable bonds is 7. The van der Waals surface area contributed by atoms with E-state index in [1.165, 1.54) is 13.3 Å². The lowest BCUT2D eigenvalue weighted by molar-refractivity contribution is -0.121. The minimum Gasteiger partial charge on any atom is -0.496 e. The highest BCUT2D eigenvalue weighted by molar-refractivity contribution is 5.94. The molecule has 7 nitrogen and oxygen atoms in total. The number of ether oxygens (including phenoxy) is 1. The summed E-state index contributed by atoms with van der Waals surface area (Å²) < 4.78 is 6.98. The zero-order valence-electron chi connectivity index (χ0n) is 16.0. The highest BCUT2D eigenvalue weighted by Crippen LogP contribution is 2.22. The maximum absolute atomic E-state index is 12.5. The zero-order chi connectivity index (χ0) is 20.1. The Balaban J connectivity index is 1.67. The van der Waals surface area contributed by atoms with Crippen molar-refractivity contribution in [3.63, 3.8) is 0 Å². The van der Waals surface area contributed by atoms with Gasteiger partial charge in [0.2, 0.25) is 5.91 Å². The number of ketones is 1. The van der Waals surface area contributed by atoms with Crippen LogP contribution in [-0.2, 0) is 11.2 Å². The monoisotopic (exact) mass is 378 g/mol. The fraction of sp³-hybridized carbons (Fsp3) is 0.238. The van der Waals surface area contributed by atoms with E-state index in [1.54, 1.807) is 36.3 Å². The van der Waals surface area contributed by atoms with Crippen molar-refractivity contribution >= 4 is 11.7 Å². The van der Waals surface area contributed by atoms with Crippen LogP contribution < -0.4 is 10.1 Å². The molecule has 0 saturated carbocycles. The Morgan fingerprint density at radius 2 is 1.93 bits per heavy atom. The Hall–Kier alpha value is -3.48. The molecular weight excluding hydrogens is 356 g/mol. The molecule has 1 amide bonds. The summed E-state index contributed by atoms with van der Waals surface area (Å²) in [5.74, 6) is 0.391. The molecular formula is C21H22N4O3. The first-order valence-electron chi connectivity index (χ1n) is 8.90. The van der Waals surface area contributed by atoms with Crippen LogP contribution in [0.2, 0.25) is 0 Å². The van der Waals surface area contributed by atoms with Gasteiger partial charge in [-0.3, -0.25) is 9.59 Å². The fourth-order valence-corrected chi connectivity index (χ4v) is 2.94. The lowest BCUT2D eigenvalue weighted by Crippen LogP contribution is -2.28. The van der Waals surface area contributed by atoms with Crippen LogP contribution in [0.4, 0.5) is 0 Å². The van der Waals surface area contributed by atoms with Crippen LogP contribution in [0, 0.1) is 0 Å². The smallest absolute Gasteiger partial charge is 0.225 e. The number of benzene rings is 2. The highest BCUT2D eigenvalue weighted by atomic mass is 16.5. The molecule has 3 rings (SSSR count). The minimum absolute atomic E-state index is 0.0508. The molecule has 0 aliphatic rings. The van der Waals surface area contributed by atoms with Crippen LogP contribution >= 0.6 is 0 Å². The van der Waals surface area contributed by atoms with E-state index in [2.05, 4.69) is 15.4 Å². The summed E-state index contributed by atoms with van der Waals surface area (Å²) in [6, 6.07) is 12.7. The van der Waals surface area contributed by atoms with Crippen molar-refractivity contribution in [2.24, 2.45) is 0 Å². The van der Waals surface area contributed by atoms with Crippen LogP contribution in [0.5, 0.6) is 5.75 Å². The van der Waals surface area contributed by atoms with Crippen LogP contribution in [0.1, 0.15) is 41.4 Å². The van der Waals surface area contributed by atoms with Gasteiger partial charge in [-0.2, -0.15) is 5.10 Å². The molecule has 7 heteroatoms.